The van der Waals surface area contributed by atoms with Crippen molar-refractivity contribution in [1.82, 2.24) is 15.5 Å². The molecule has 0 saturated heterocycles. The Hall–Kier alpha value is -1.36. The van der Waals surface area contributed by atoms with Crippen LogP contribution in [0.2, 0.25) is 0 Å². The number of halogens is 3. The van der Waals surface area contributed by atoms with Crippen molar-refractivity contribution in [1.29, 1.82) is 0 Å². The van der Waals surface area contributed by atoms with E-state index in [2.05, 4.69) is 39.4 Å². The number of guanidine groups is 1. The van der Waals surface area contributed by atoms with Gasteiger partial charge in [-0.25, -0.2) is 0 Å². The molecule has 2 N–H and O–H groups in total. The van der Waals surface area contributed by atoms with Crippen molar-refractivity contribution in [2.24, 2.45) is 4.99 Å². The number of ether oxygens (including phenoxy) is 2. The number of benzene rings is 1. The van der Waals surface area contributed by atoms with E-state index < -0.39 is 6.61 Å². The SMILES string of the molecule is CN=C(NCCCCCCCN(C)C)NCc1cc(OC)ccc1OC(F)F.I. The largest absolute Gasteiger partial charge is 0.497 e. The smallest absolute Gasteiger partial charge is 0.387 e. The van der Waals surface area contributed by atoms with Gasteiger partial charge in [-0.2, -0.15) is 8.78 Å². The van der Waals surface area contributed by atoms with Gasteiger partial charge in [0.2, 0.25) is 0 Å². The summed E-state index contributed by atoms with van der Waals surface area (Å²) in [6, 6.07) is 4.74. The lowest BCUT2D eigenvalue weighted by molar-refractivity contribution is -0.0504. The molecular weight excluding hydrogens is 493 g/mol. The summed E-state index contributed by atoms with van der Waals surface area (Å²) in [4.78, 5) is 6.38. The maximum absolute atomic E-state index is 12.6. The van der Waals surface area contributed by atoms with Gasteiger partial charge in [-0.3, -0.25) is 4.99 Å². The molecule has 0 aliphatic heterocycles. The molecule has 0 aromatic heterocycles. The molecule has 1 aromatic rings. The molecule has 0 heterocycles. The van der Waals surface area contributed by atoms with E-state index in [1.807, 2.05) is 0 Å². The predicted molar refractivity (Wildman–Crippen MR) is 125 cm³/mol. The number of hydrogen-bond donors (Lipinski definition) is 2. The van der Waals surface area contributed by atoms with Crippen molar-refractivity contribution >= 4 is 29.9 Å². The molecule has 0 unspecified atom stereocenters. The fourth-order valence-corrected chi connectivity index (χ4v) is 2.72. The molecule has 0 fully saturated rings. The highest BCUT2D eigenvalue weighted by molar-refractivity contribution is 14.0. The van der Waals surface area contributed by atoms with E-state index in [0.29, 0.717) is 23.8 Å². The Morgan fingerprint density at radius 2 is 1.79 bits per heavy atom. The molecule has 0 saturated carbocycles. The highest BCUT2D eigenvalue weighted by Gasteiger charge is 2.11. The topological polar surface area (TPSA) is 58.1 Å². The van der Waals surface area contributed by atoms with Gasteiger partial charge in [0, 0.05) is 25.7 Å². The summed E-state index contributed by atoms with van der Waals surface area (Å²) < 4.78 is 34.9. The van der Waals surface area contributed by atoms with Gasteiger partial charge in [-0.1, -0.05) is 19.3 Å². The molecule has 0 bridgehead atoms. The first-order chi connectivity index (χ1) is 13.5. The summed E-state index contributed by atoms with van der Waals surface area (Å²) >= 11 is 0. The molecule has 168 valence electrons. The van der Waals surface area contributed by atoms with Crippen LogP contribution in [0.25, 0.3) is 0 Å². The van der Waals surface area contributed by atoms with E-state index in [-0.39, 0.29) is 29.7 Å². The molecular formula is C20H35F2IN4O2. The molecule has 0 amide bonds. The summed E-state index contributed by atoms with van der Waals surface area (Å²) in [5.41, 5.74) is 0.573. The van der Waals surface area contributed by atoms with Crippen molar-refractivity contribution in [2.45, 2.75) is 45.3 Å². The lowest BCUT2D eigenvalue weighted by Gasteiger charge is -2.15. The first-order valence-corrected chi connectivity index (χ1v) is 9.67. The van der Waals surface area contributed by atoms with Gasteiger partial charge in [0.1, 0.15) is 11.5 Å². The van der Waals surface area contributed by atoms with Gasteiger partial charge >= 0.3 is 6.61 Å². The van der Waals surface area contributed by atoms with Gasteiger partial charge in [0.15, 0.2) is 5.96 Å². The van der Waals surface area contributed by atoms with Crippen molar-refractivity contribution in [3.63, 3.8) is 0 Å². The number of methoxy groups -OCH3 is 1. The van der Waals surface area contributed by atoms with Crippen molar-refractivity contribution in [3.05, 3.63) is 23.8 Å². The standard InChI is InChI=1S/C20H34F2N4O2.HI/c1-23-20(24-12-8-6-5-7-9-13-26(2)3)25-15-16-14-17(27-4)10-11-18(16)28-19(21)22;/h10-11,14,19H,5-9,12-13,15H2,1-4H3,(H2,23,24,25);1H. The number of nitrogens with zero attached hydrogens (tertiary/aromatic N) is 2. The molecule has 0 radical (unpaired) electrons. The first-order valence-electron chi connectivity index (χ1n) is 9.67. The Kier molecular flexibility index (Phi) is 15.7. The molecule has 0 aliphatic rings. The molecule has 0 aliphatic carbocycles. The summed E-state index contributed by atoms with van der Waals surface area (Å²) in [7, 11) is 7.40. The van der Waals surface area contributed by atoms with Crippen LogP contribution in [0.5, 0.6) is 11.5 Å². The number of alkyl halides is 2. The van der Waals surface area contributed by atoms with E-state index in [9.17, 15) is 8.78 Å². The summed E-state index contributed by atoms with van der Waals surface area (Å²) in [5.74, 6) is 1.32. The zero-order chi connectivity index (χ0) is 20.8. The third kappa shape index (κ3) is 12.7. The summed E-state index contributed by atoms with van der Waals surface area (Å²) in [5, 5.41) is 6.38. The second-order valence-electron chi connectivity index (χ2n) is 6.78. The monoisotopic (exact) mass is 528 g/mol. The highest BCUT2D eigenvalue weighted by atomic mass is 127. The average molecular weight is 528 g/mol. The Morgan fingerprint density at radius 1 is 1.10 bits per heavy atom. The van der Waals surface area contributed by atoms with Crippen LogP contribution in [0.15, 0.2) is 23.2 Å². The molecule has 1 aromatic carbocycles. The lowest BCUT2D eigenvalue weighted by atomic mass is 10.1. The quantitative estimate of drug-likeness (QED) is 0.175. The van der Waals surface area contributed by atoms with Gasteiger partial charge in [-0.05, 0) is 51.7 Å². The van der Waals surface area contributed by atoms with Gasteiger partial charge in [0.05, 0.1) is 7.11 Å². The zero-order valence-electron chi connectivity index (χ0n) is 17.8. The normalized spacial score (nSPS) is 11.4. The molecule has 0 atom stereocenters. The minimum absolute atomic E-state index is 0. The minimum atomic E-state index is -2.87. The van der Waals surface area contributed by atoms with Crippen LogP contribution in [-0.4, -0.2) is 58.8 Å². The lowest BCUT2D eigenvalue weighted by Crippen LogP contribution is -2.37. The van der Waals surface area contributed by atoms with Crippen LogP contribution in [0.4, 0.5) is 8.78 Å². The summed E-state index contributed by atoms with van der Waals surface area (Å²) in [6.07, 6.45) is 5.92. The molecule has 29 heavy (non-hydrogen) atoms. The number of hydrogen-bond acceptors (Lipinski definition) is 4. The van der Waals surface area contributed by atoms with Crippen molar-refractivity contribution in [2.75, 3.05) is 41.3 Å². The Bertz CT molecular complexity index is 590. The second kappa shape index (κ2) is 16.4. The van der Waals surface area contributed by atoms with E-state index in [4.69, 9.17) is 4.74 Å². The predicted octanol–water partition coefficient (Wildman–Crippen LogP) is 4.09. The third-order valence-corrected chi connectivity index (χ3v) is 4.23. The number of rotatable bonds is 13. The maximum Gasteiger partial charge on any atom is 0.387 e. The van der Waals surface area contributed by atoms with Crippen LogP contribution in [-0.2, 0) is 6.54 Å². The molecule has 1 rings (SSSR count). The van der Waals surface area contributed by atoms with Gasteiger partial charge in [-0.15, -0.1) is 24.0 Å². The van der Waals surface area contributed by atoms with E-state index in [1.54, 1.807) is 19.2 Å². The first kappa shape index (κ1) is 27.6. The van der Waals surface area contributed by atoms with E-state index in [1.165, 1.54) is 38.9 Å². The minimum Gasteiger partial charge on any atom is -0.497 e. The fraction of sp³-hybridized carbons (Fsp3) is 0.650. The van der Waals surface area contributed by atoms with Crippen molar-refractivity contribution in [3.8, 4) is 11.5 Å². The summed E-state index contributed by atoms with van der Waals surface area (Å²) in [6.45, 7) is -0.631. The van der Waals surface area contributed by atoms with Gasteiger partial charge < -0.3 is 25.0 Å². The number of unbranched alkanes of at least 4 members (excludes halogenated alkanes) is 4. The fourth-order valence-electron chi connectivity index (χ4n) is 2.72. The number of nitrogens with one attached hydrogen (secondary N) is 2. The average Bonchev–Trinajstić information content (AvgIpc) is 2.66. The highest BCUT2D eigenvalue weighted by Crippen LogP contribution is 2.25. The van der Waals surface area contributed by atoms with Crippen LogP contribution < -0.4 is 20.1 Å². The van der Waals surface area contributed by atoms with E-state index >= 15 is 0 Å². The molecule has 9 heteroatoms. The Morgan fingerprint density at radius 3 is 2.41 bits per heavy atom. The van der Waals surface area contributed by atoms with Crippen LogP contribution >= 0.6 is 24.0 Å². The Balaban J connectivity index is 0.00000784. The Labute approximate surface area is 190 Å². The van der Waals surface area contributed by atoms with Gasteiger partial charge in [0.25, 0.3) is 0 Å². The third-order valence-electron chi connectivity index (χ3n) is 4.23. The second-order valence-corrected chi connectivity index (χ2v) is 6.78. The van der Waals surface area contributed by atoms with Crippen LogP contribution in [0.1, 0.15) is 37.7 Å². The van der Waals surface area contributed by atoms with Crippen LogP contribution in [0.3, 0.4) is 0 Å². The molecule has 6 nitrogen and oxygen atoms in total. The number of aliphatic imine (C=N–C) groups is 1. The van der Waals surface area contributed by atoms with Crippen LogP contribution in [0, 0.1) is 0 Å². The maximum atomic E-state index is 12.6. The van der Waals surface area contributed by atoms with Crippen molar-refractivity contribution < 1.29 is 18.3 Å². The molecule has 0 spiro atoms. The zero-order valence-corrected chi connectivity index (χ0v) is 20.2. The van der Waals surface area contributed by atoms with E-state index in [0.717, 1.165) is 19.5 Å².